The molecule has 1 rings (SSSR count). The summed E-state index contributed by atoms with van der Waals surface area (Å²) < 4.78 is 4.85. The molecule has 1 heterocycles. The molecule has 5 N–H and O–H groups in total. The Labute approximate surface area is 114 Å². The third-order valence-corrected chi connectivity index (χ3v) is 2.21. The maximum Gasteiger partial charge on any atom is 0.326 e. The SMILES string of the molecule is COc1ccc(NC(=O)NC(CC(N)=O)C(=O)O)cn1. The summed E-state index contributed by atoms with van der Waals surface area (Å²) in [6, 6.07) is 0.868. The molecule has 0 radical (unpaired) electrons. The summed E-state index contributed by atoms with van der Waals surface area (Å²) in [6.45, 7) is 0. The number of hydrogen-bond donors (Lipinski definition) is 4. The summed E-state index contributed by atoms with van der Waals surface area (Å²) >= 11 is 0. The zero-order chi connectivity index (χ0) is 15.1. The maximum absolute atomic E-state index is 11.6. The molecular formula is C11H14N4O5. The van der Waals surface area contributed by atoms with Crippen LogP contribution in [0.3, 0.4) is 0 Å². The molecule has 1 atom stereocenters. The Morgan fingerprint density at radius 1 is 1.45 bits per heavy atom. The van der Waals surface area contributed by atoms with Gasteiger partial charge in [-0.3, -0.25) is 4.79 Å². The Morgan fingerprint density at radius 2 is 2.15 bits per heavy atom. The Bertz CT molecular complexity index is 502. The predicted octanol–water partition coefficient (Wildman–Crippen LogP) is -0.460. The van der Waals surface area contributed by atoms with Gasteiger partial charge in [-0.25, -0.2) is 14.6 Å². The second-order valence-corrected chi connectivity index (χ2v) is 3.75. The molecule has 0 bridgehead atoms. The van der Waals surface area contributed by atoms with E-state index >= 15 is 0 Å². The molecule has 9 heteroatoms. The number of nitrogens with one attached hydrogen (secondary N) is 2. The van der Waals surface area contributed by atoms with E-state index in [1.807, 2.05) is 0 Å². The number of aromatic nitrogens is 1. The van der Waals surface area contributed by atoms with Crippen LogP contribution in [0.5, 0.6) is 5.88 Å². The van der Waals surface area contributed by atoms with Gasteiger partial charge in [-0.2, -0.15) is 0 Å². The van der Waals surface area contributed by atoms with Gasteiger partial charge in [0, 0.05) is 6.07 Å². The lowest BCUT2D eigenvalue weighted by atomic mass is 10.2. The van der Waals surface area contributed by atoms with Gasteiger partial charge in [0.05, 0.1) is 25.4 Å². The number of ether oxygens (including phenoxy) is 1. The van der Waals surface area contributed by atoms with Crippen LogP contribution in [0, 0.1) is 0 Å². The van der Waals surface area contributed by atoms with Crippen molar-refractivity contribution < 1.29 is 24.2 Å². The quantitative estimate of drug-likeness (QED) is 0.555. The van der Waals surface area contributed by atoms with Crippen molar-refractivity contribution in [3.05, 3.63) is 18.3 Å². The molecule has 0 aliphatic heterocycles. The van der Waals surface area contributed by atoms with Crippen molar-refractivity contribution in [1.82, 2.24) is 10.3 Å². The fourth-order valence-corrected chi connectivity index (χ4v) is 1.30. The van der Waals surface area contributed by atoms with Crippen molar-refractivity contribution in [2.45, 2.75) is 12.5 Å². The summed E-state index contributed by atoms with van der Waals surface area (Å²) in [5, 5.41) is 13.3. The maximum atomic E-state index is 11.6. The first-order chi connectivity index (χ1) is 9.42. The van der Waals surface area contributed by atoms with Gasteiger partial charge in [-0.05, 0) is 6.07 Å². The smallest absolute Gasteiger partial charge is 0.326 e. The number of pyridine rings is 1. The zero-order valence-electron chi connectivity index (χ0n) is 10.6. The highest BCUT2D eigenvalue weighted by molar-refractivity contribution is 5.93. The Morgan fingerprint density at radius 3 is 2.60 bits per heavy atom. The van der Waals surface area contributed by atoms with Crippen molar-refractivity contribution in [3.63, 3.8) is 0 Å². The molecule has 108 valence electrons. The summed E-state index contributed by atoms with van der Waals surface area (Å²) in [5.74, 6) is -1.82. The third kappa shape index (κ3) is 4.80. The van der Waals surface area contributed by atoms with Crippen LogP contribution in [0.15, 0.2) is 18.3 Å². The van der Waals surface area contributed by atoms with E-state index in [1.54, 1.807) is 0 Å². The van der Waals surface area contributed by atoms with Gasteiger partial charge in [0.25, 0.3) is 0 Å². The second-order valence-electron chi connectivity index (χ2n) is 3.75. The van der Waals surface area contributed by atoms with E-state index in [0.29, 0.717) is 11.6 Å². The van der Waals surface area contributed by atoms with Gasteiger partial charge in [-0.15, -0.1) is 0 Å². The van der Waals surface area contributed by atoms with Crippen molar-refractivity contribution in [2.24, 2.45) is 5.73 Å². The summed E-state index contributed by atoms with van der Waals surface area (Å²) in [7, 11) is 1.45. The average molecular weight is 282 g/mol. The monoisotopic (exact) mass is 282 g/mol. The summed E-state index contributed by atoms with van der Waals surface area (Å²) in [4.78, 5) is 36.9. The number of carbonyl (C=O) groups excluding carboxylic acids is 2. The summed E-state index contributed by atoms with van der Waals surface area (Å²) in [6.07, 6.45) is 0.839. The predicted molar refractivity (Wildman–Crippen MR) is 68.2 cm³/mol. The first kappa shape index (κ1) is 15.2. The fourth-order valence-electron chi connectivity index (χ4n) is 1.30. The van der Waals surface area contributed by atoms with Crippen molar-refractivity contribution in [2.75, 3.05) is 12.4 Å². The Kier molecular flexibility index (Phi) is 5.27. The van der Waals surface area contributed by atoms with Crippen LogP contribution in [0.25, 0.3) is 0 Å². The first-order valence-electron chi connectivity index (χ1n) is 5.51. The van der Waals surface area contributed by atoms with Crippen molar-refractivity contribution >= 4 is 23.6 Å². The van der Waals surface area contributed by atoms with Crippen LogP contribution in [-0.2, 0) is 9.59 Å². The Balaban J connectivity index is 2.60. The van der Waals surface area contributed by atoms with Gasteiger partial charge >= 0.3 is 12.0 Å². The molecular weight excluding hydrogens is 268 g/mol. The number of carbonyl (C=O) groups is 3. The standard InChI is InChI=1S/C11H14N4O5/c1-20-9-3-2-6(5-13-9)14-11(19)15-7(10(17)18)4-8(12)16/h2-3,5,7H,4H2,1H3,(H2,12,16)(H,17,18)(H2,14,15,19). The normalized spacial score (nSPS) is 11.2. The minimum Gasteiger partial charge on any atom is -0.481 e. The van der Waals surface area contributed by atoms with Gasteiger partial charge < -0.3 is 26.2 Å². The number of nitrogens with two attached hydrogens (primary N) is 1. The summed E-state index contributed by atoms with van der Waals surface area (Å²) in [5.41, 5.74) is 5.23. The number of primary amides is 1. The fraction of sp³-hybridized carbons (Fsp3) is 0.273. The topological polar surface area (TPSA) is 144 Å². The number of aliphatic carboxylic acids is 1. The molecule has 1 aromatic heterocycles. The molecule has 0 saturated carbocycles. The van der Waals surface area contributed by atoms with Crippen LogP contribution < -0.4 is 21.1 Å². The zero-order valence-corrected chi connectivity index (χ0v) is 10.6. The van der Waals surface area contributed by atoms with E-state index in [2.05, 4.69) is 15.6 Å². The number of anilines is 1. The van der Waals surface area contributed by atoms with Gasteiger partial charge in [0.2, 0.25) is 11.8 Å². The lowest BCUT2D eigenvalue weighted by Gasteiger charge is -2.13. The van der Waals surface area contributed by atoms with Gasteiger partial charge in [0.1, 0.15) is 6.04 Å². The van der Waals surface area contributed by atoms with E-state index in [1.165, 1.54) is 25.4 Å². The van der Waals surface area contributed by atoms with E-state index in [0.717, 1.165) is 0 Å². The number of rotatable bonds is 6. The molecule has 0 spiro atoms. The molecule has 0 saturated heterocycles. The van der Waals surface area contributed by atoms with E-state index in [-0.39, 0.29) is 0 Å². The Hall–Kier alpha value is -2.84. The molecule has 0 aliphatic rings. The molecule has 20 heavy (non-hydrogen) atoms. The number of carboxylic acids is 1. The highest BCUT2D eigenvalue weighted by Crippen LogP contribution is 2.10. The third-order valence-electron chi connectivity index (χ3n) is 2.21. The van der Waals surface area contributed by atoms with Crippen molar-refractivity contribution in [1.29, 1.82) is 0 Å². The van der Waals surface area contributed by atoms with E-state index in [4.69, 9.17) is 15.6 Å². The second kappa shape index (κ2) is 6.92. The molecule has 9 nitrogen and oxygen atoms in total. The van der Waals surface area contributed by atoms with E-state index in [9.17, 15) is 14.4 Å². The molecule has 0 aromatic carbocycles. The van der Waals surface area contributed by atoms with Crippen molar-refractivity contribution in [3.8, 4) is 5.88 Å². The lowest BCUT2D eigenvalue weighted by molar-refractivity contribution is -0.140. The minimum absolute atomic E-state index is 0.339. The molecule has 1 unspecified atom stereocenters. The number of amides is 3. The highest BCUT2D eigenvalue weighted by atomic mass is 16.5. The molecule has 1 aromatic rings. The largest absolute Gasteiger partial charge is 0.481 e. The van der Waals surface area contributed by atoms with Crippen LogP contribution >= 0.6 is 0 Å². The van der Waals surface area contributed by atoms with Gasteiger partial charge in [-0.1, -0.05) is 0 Å². The molecule has 0 aliphatic carbocycles. The molecule has 0 fully saturated rings. The first-order valence-corrected chi connectivity index (χ1v) is 5.51. The number of hydrogen-bond acceptors (Lipinski definition) is 5. The number of nitrogens with zero attached hydrogens (tertiary/aromatic N) is 1. The lowest BCUT2D eigenvalue weighted by Crippen LogP contribution is -2.45. The van der Waals surface area contributed by atoms with E-state index < -0.39 is 30.4 Å². The molecule has 3 amide bonds. The number of methoxy groups -OCH3 is 1. The van der Waals surface area contributed by atoms with Crippen LogP contribution in [0.4, 0.5) is 10.5 Å². The van der Waals surface area contributed by atoms with Crippen LogP contribution in [0.2, 0.25) is 0 Å². The minimum atomic E-state index is -1.39. The van der Waals surface area contributed by atoms with Crippen LogP contribution in [-0.4, -0.2) is 41.1 Å². The number of carboxylic acid groups (broad SMARTS) is 1. The number of urea groups is 1. The van der Waals surface area contributed by atoms with Crippen LogP contribution in [0.1, 0.15) is 6.42 Å². The van der Waals surface area contributed by atoms with Gasteiger partial charge in [0.15, 0.2) is 0 Å². The average Bonchev–Trinajstić information content (AvgIpc) is 2.38. The highest BCUT2D eigenvalue weighted by Gasteiger charge is 2.22.